The fourth-order valence-electron chi connectivity index (χ4n) is 2.53. The van der Waals surface area contributed by atoms with E-state index >= 15 is 0 Å². The van der Waals surface area contributed by atoms with Crippen LogP contribution in [0.2, 0.25) is 0 Å². The lowest BCUT2D eigenvalue weighted by atomic mass is 10.2. The standard InChI is InChI=1S/C20H24N4O4/c25-19(24-28-20-8-4-5-12-27-20)10-9-16-14-21-15-18(23-16)22-11-13-26-17-6-2-1-3-7-17/h1-3,6-7,9-10,14-15,20H,4-5,8,11-13H2,(H,22,23)(H,24,25)/b10-9+. The van der Waals surface area contributed by atoms with E-state index < -0.39 is 0 Å². The molecule has 1 fully saturated rings. The average Bonchev–Trinajstić information content (AvgIpc) is 2.76. The van der Waals surface area contributed by atoms with Gasteiger partial charge in [-0.3, -0.25) is 9.78 Å². The third-order valence-electron chi connectivity index (χ3n) is 3.91. The van der Waals surface area contributed by atoms with Crippen LogP contribution in [-0.2, 0) is 14.4 Å². The van der Waals surface area contributed by atoms with Crippen molar-refractivity contribution in [1.82, 2.24) is 15.4 Å². The maximum absolute atomic E-state index is 11.8. The Balaban J connectivity index is 1.39. The highest BCUT2D eigenvalue weighted by atomic mass is 16.8. The minimum Gasteiger partial charge on any atom is -0.492 e. The maximum Gasteiger partial charge on any atom is 0.267 e. The highest BCUT2D eigenvalue weighted by molar-refractivity contribution is 5.90. The van der Waals surface area contributed by atoms with Gasteiger partial charge in [0.1, 0.15) is 18.2 Å². The summed E-state index contributed by atoms with van der Waals surface area (Å²) in [6.07, 6.45) is 8.55. The molecule has 0 bridgehead atoms. The number of para-hydroxylation sites is 1. The predicted molar refractivity (Wildman–Crippen MR) is 104 cm³/mol. The highest BCUT2D eigenvalue weighted by Crippen LogP contribution is 2.12. The van der Waals surface area contributed by atoms with Gasteiger partial charge in [-0.15, -0.1) is 0 Å². The number of hydroxylamine groups is 1. The molecular weight excluding hydrogens is 360 g/mol. The zero-order valence-corrected chi connectivity index (χ0v) is 15.5. The first-order chi connectivity index (χ1) is 13.8. The van der Waals surface area contributed by atoms with Crippen molar-refractivity contribution < 1.29 is 19.1 Å². The van der Waals surface area contributed by atoms with Gasteiger partial charge in [0.15, 0.2) is 6.29 Å². The second-order valence-electron chi connectivity index (χ2n) is 6.13. The predicted octanol–water partition coefficient (Wildman–Crippen LogP) is 2.56. The molecule has 1 aliphatic heterocycles. The van der Waals surface area contributed by atoms with Crippen LogP contribution in [0.25, 0.3) is 6.08 Å². The molecule has 1 aromatic heterocycles. The molecule has 1 aromatic carbocycles. The van der Waals surface area contributed by atoms with Crippen molar-refractivity contribution in [2.24, 2.45) is 0 Å². The van der Waals surface area contributed by atoms with Crippen molar-refractivity contribution in [3.05, 3.63) is 54.5 Å². The second-order valence-corrected chi connectivity index (χ2v) is 6.13. The zero-order chi connectivity index (χ0) is 19.4. The van der Waals surface area contributed by atoms with E-state index in [0.29, 0.717) is 31.3 Å². The fourth-order valence-corrected chi connectivity index (χ4v) is 2.53. The number of hydrogen-bond donors (Lipinski definition) is 2. The van der Waals surface area contributed by atoms with Crippen LogP contribution >= 0.6 is 0 Å². The van der Waals surface area contributed by atoms with E-state index in [1.807, 2.05) is 30.3 Å². The van der Waals surface area contributed by atoms with E-state index in [9.17, 15) is 4.79 Å². The van der Waals surface area contributed by atoms with Gasteiger partial charge in [0.05, 0.1) is 24.6 Å². The Labute approximate surface area is 163 Å². The maximum atomic E-state index is 11.8. The normalized spacial score (nSPS) is 16.6. The van der Waals surface area contributed by atoms with Crippen LogP contribution in [-0.4, -0.2) is 41.9 Å². The summed E-state index contributed by atoms with van der Waals surface area (Å²) in [5.41, 5.74) is 2.92. The summed E-state index contributed by atoms with van der Waals surface area (Å²) in [4.78, 5) is 25.6. The average molecular weight is 384 g/mol. The minimum atomic E-state index is -0.384. The van der Waals surface area contributed by atoms with Crippen LogP contribution in [0.3, 0.4) is 0 Å². The molecule has 3 rings (SSSR count). The molecule has 1 atom stereocenters. The molecule has 0 spiro atoms. The number of nitrogens with one attached hydrogen (secondary N) is 2. The van der Waals surface area contributed by atoms with Gasteiger partial charge in [0.2, 0.25) is 0 Å². The highest BCUT2D eigenvalue weighted by Gasteiger charge is 2.14. The Bertz CT molecular complexity index is 764. The number of ether oxygens (including phenoxy) is 2. The van der Waals surface area contributed by atoms with Gasteiger partial charge >= 0.3 is 0 Å². The molecule has 1 saturated heterocycles. The number of rotatable bonds is 9. The quantitative estimate of drug-likeness (QED) is 0.390. The van der Waals surface area contributed by atoms with Gasteiger partial charge in [0.25, 0.3) is 5.91 Å². The van der Waals surface area contributed by atoms with Crippen LogP contribution in [0.4, 0.5) is 5.82 Å². The number of benzene rings is 1. The van der Waals surface area contributed by atoms with Crippen molar-refractivity contribution in [3.8, 4) is 5.75 Å². The molecule has 2 aromatic rings. The van der Waals surface area contributed by atoms with E-state index in [1.165, 1.54) is 6.08 Å². The van der Waals surface area contributed by atoms with Crippen molar-refractivity contribution in [2.45, 2.75) is 25.6 Å². The first-order valence-electron chi connectivity index (χ1n) is 9.29. The van der Waals surface area contributed by atoms with Crippen LogP contribution < -0.4 is 15.5 Å². The molecule has 148 valence electrons. The lowest BCUT2D eigenvalue weighted by Gasteiger charge is -2.21. The minimum absolute atomic E-state index is 0.378. The van der Waals surface area contributed by atoms with Gasteiger partial charge in [-0.1, -0.05) is 18.2 Å². The monoisotopic (exact) mass is 384 g/mol. The number of anilines is 1. The number of hydrogen-bond acceptors (Lipinski definition) is 7. The molecular formula is C20H24N4O4. The van der Waals surface area contributed by atoms with Gasteiger partial charge in [-0.25, -0.2) is 15.3 Å². The van der Waals surface area contributed by atoms with Crippen LogP contribution in [0.5, 0.6) is 5.75 Å². The summed E-state index contributed by atoms with van der Waals surface area (Å²) >= 11 is 0. The SMILES string of the molecule is O=C(/C=C/c1cncc(NCCOc2ccccc2)n1)NOC1CCCCO1. The van der Waals surface area contributed by atoms with Crippen molar-refractivity contribution in [3.63, 3.8) is 0 Å². The van der Waals surface area contributed by atoms with Crippen molar-refractivity contribution in [2.75, 3.05) is 25.1 Å². The number of nitrogens with zero attached hydrogens (tertiary/aromatic N) is 2. The number of carbonyl (C=O) groups excluding carboxylic acids is 1. The Morgan fingerprint density at radius 2 is 2.14 bits per heavy atom. The Kier molecular flexibility index (Phi) is 7.78. The van der Waals surface area contributed by atoms with E-state index in [1.54, 1.807) is 18.5 Å². The van der Waals surface area contributed by atoms with E-state index in [-0.39, 0.29) is 12.2 Å². The Morgan fingerprint density at radius 3 is 2.96 bits per heavy atom. The topological polar surface area (TPSA) is 94.6 Å². The van der Waals surface area contributed by atoms with E-state index in [0.717, 1.165) is 25.0 Å². The molecule has 0 saturated carbocycles. The molecule has 1 aliphatic rings. The smallest absolute Gasteiger partial charge is 0.267 e. The largest absolute Gasteiger partial charge is 0.492 e. The first-order valence-corrected chi connectivity index (χ1v) is 9.29. The van der Waals surface area contributed by atoms with E-state index in [2.05, 4.69) is 20.8 Å². The fraction of sp³-hybridized carbons (Fsp3) is 0.350. The lowest BCUT2D eigenvalue weighted by molar-refractivity contribution is -0.198. The van der Waals surface area contributed by atoms with Crippen LogP contribution in [0.1, 0.15) is 25.0 Å². The third kappa shape index (κ3) is 6.98. The number of amides is 1. The van der Waals surface area contributed by atoms with Gasteiger partial charge in [0, 0.05) is 19.1 Å². The molecule has 8 nitrogen and oxygen atoms in total. The molecule has 2 N–H and O–H groups in total. The summed E-state index contributed by atoms with van der Waals surface area (Å²) < 4.78 is 11.0. The number of carbonyl (C=O) groups is 1. The Morgan fingerprint density at radius 1 is 1.25 bits per heavy atom. The van der Waals surface area contributed by atoms with Crippen molar-refractivity contribution in [1.29, 1.82) is 0 Å². The summed E-state index contributed by atoms with van der Waals surface area (Å²) in [6.45, 7) is 1.73. The van der Waals surface area contributed by atoms with E-state index in [4.69, 9.17) is 14.3 Å². The summed E-state index contributed by atoms with van der Waals surface area (Å²) in [7, 11) is 0. The summed E-state index contributed by atoms with van der Waals surface area (Å²) in [5, 5.41) is 3.14. The van der Waals surface area contributed by atoms with Crippen LogP contribution in [0, 0.1) is 0 Å². The third-order valence-corrected chi connectivity index (χ3v) is 3.91. The molecule has 2 heterocycles. The zero-order valence-electron chi connectivity index (χ0n) is 15.5. The van der Waals surface area contributed by atoms with Gasteiger partial charge in [-0.2, -0.15) is 0 Å². The molecule has 0 aliphatic carbocycles. The summed E-state index contributed by atoms with van der Waals surface area (Å²) in [5.74, 6) is 1.04. The van der Waals surface area contributed by atoms with Gasteiger partial charge < -0.3 is 14.8 Å². The molecule has 28 heavy (non-hydrogen) atoms. The van der Waals surface area contributed by atoms with Gasteiger partial charge in [-0.05, 0) is 31.1 Å². The molecule has 1 amide bonds. The summed E-state index contributed by atoms with van der Waals surface area (Å²) in [6, 6.07) is 9.59. The number of aromatic nitrogens is 2. The lowest BCUT2D eigenvalue weighted by Crippen LogP contribution is -2.32. The molecule has 8 heteroatoms. The molecule has 1 unspecified atom stereocenters. The van der Waals surface area contributed by atoms with Crippen LogP contribution in [0.15, 0.2) is 48.8 Å². The first kappa shape index (κ1) is 19.8. The second kappa shape index (κ2) is 11.0. The molecule has 0 radical (unpaired) electrons. The van der Waals surface area contributed by atoms with Crippen molar-refractivity contribution >= 4 is 17.8 Å². The Hall–Kier alpha value is -2.97.